The lowest BCUT2D eigenvalue weighted by atomic mass is 9.94. The van der Waals surface area contributed by atoms with Crippen LogP contribution in [0.4, 0.5) is 4.79 Å². The summed E-state index contributed by atoms with van der Waals surface area (Å²) in [5.74, 6) is -0.926. The van der Waals surface area contributed by atoms with Gasteiger partial charge in [0.2, 0.25) is 0 Å². The molecule has 104 valence electrons. The highest BCUT2D eigenvalue weighted by Gasteiger charge is 2.24. The number of carbonyl (C=O) groups is 2. The van der Waals surface area contributed by atoms with Gasteiger partial charge in [-0.1, -0.05) is 11.6 Å². The summed E-state index contributed by atoms with van der Waals surface area (Å²) in [5.41, 5.74) is 1.09. The van der Waals surface area contributed by atoms with Gasteiger partial charge in [0, 0.05) is 11.4 Å². The van der Waals surface area contributed by atoms with E-state index in [1.165, 1.54) is 4.88 Å². The van der Waals surface area contributed by atoms with E-state index in [4.69, 9.17) is 16.7 Å². The fourth-order valence-corrected chi connectivity index (χ4v) is 3.55. The third-order valence-corrected chi connectivity index (χ3v) is 4.35. The van der Waals surface area contributed by atoms with Crippen molar-refractivity contribution in [3.05, 3.63) is 20.8 Å². The zero-order valence-electron chi connectivity index (χ0n) is 10.2. The van der Waals surface area contributed by atoms with E-state index < -0.39 is 5.97 Å². The number of hydrogen-bond acceptors (Lipinski definition) is 3. The number of hydrogen-bond donors (Lipinski definition) is 3. The summed E-state index contributed by atoms with van der Waals surface area (Å²) in [7, 11) is 0. The van der Waals surface area contributed by atoms with Gasteiger partial charge in [0.1, 0.15) is 0 Å². The summed E-state index contributed by atoms with van der Waals surface area (Å²) in [5, 5.41) is 13.9. The monoisotopic (exact) mass is 302 g/mol. The lowest BCUT2D eigenvalue weighted by molar-refractivity contribution is -0.136. The average molecular weight is 303 g/mol. The maximum absolute atomic E-state index is 11.7. The van der Waals surface area contributed by atoms with Gasteiger partial charge in [0.25, 0.3) is 0 Å². The van der Waals surface area contributed by atoms with Gasteiger partial charge in [-0.05, 0) is 30.9 Å². The SMILES string of the molecule is O=C(O)CCNC(=O)NC1CCCc2sc(Cl)cc21. The van der Waals surface area contributed by atoms with Crippen LogP contribution in [0.25, 0.3) is 0 Å². The fourth-order valence-electron chi connectivity index (χ4n) is 2.16. The summed E-state index contributed by atoms with van der Waals surface area (Å²) < 4.78 is 0.741. The number of thiophene rings is 1. The van der Waals surface area contributed by atoms with Crippen molar-refractivity contribution in [1.82, 2.24) is 10.6 Å². The predicted octanol–water partition coefficient (Wildman–Crippen LogP) is 2.55. The van der Waals surface area contributed by atoms with E-state index in [2.05, 4.69) is 10.6 Å². The maximum atomic E-state index is 11.7. The molecule has 2 rings (SSSR count). The largest absolute Gasteiger partial charge is 0.481 e. The first kappa shape index (κ1) is 14.1. The minimum absolute atomic E-state index is 0.0303. The molecule has 0 saturated carbocycles. The Bertz CT molecular complexity index is 489. The zero-order valence-corrected chi connectivity index (χ0v) is 11.8. The van der Waals surface area contributed by atoms with Crippen LogP contribution in [-0.2, 0) is 11.2 Å². The topological polar surface area (TPSA) is 78.4 Å². The summed E-state index contributed by atoms with van der Waals surface area (Å²) in [6.07, 6.45) is 2.83. The smallest absolute Gasteiger partial charge is 0.315 e. The number of urea groups is 1. The Labute approximate surface area is 120 Å². The van der Waals surface area contributed by atoms with Gasteiger partial charge < -0.3 is 15.7 Å². The van der Waals surface area contributed by atoms with E-state index in [1.54, 1.807) is 11.3 Å². The highest BCUT2D eigenvalue weighted by molar-refractivity contribution is 7.16. The molecule has 0 aromatic carbocycles. The number of amides is 2. The van der Waals surface area contributed by atoms with Crippen LogP contribution in [0.15, 0.2) is 6.07 Å². The number of halogens is 1. The molecule has 1 aliphatic carbocycles. The highest BCUT2D eigenvalue weighted by atomic mass is 35.5. The van der Waals surface area contributed by atoms with Crippen LogP contribution < -0.4 is 10.6 Å². The fraction of sp³-hybridized carbons (Fsp3) is 0.500. The normalized spacial score (nSPS) is 17.6. The number of fused-ring (bicyclic) bond motifs is 1. The molecular formula is C12H15ClN2O3S. The van der Waals surface area contributed by atoms with E-state index in [0.717, 1.165) is 29.2 Å². The van der Waals surface area contributed by atoms with Crippen LogP contribution in [0.5, 0.6) is 0 Å². The average Bonchev–Trinajstić information content (AvgIpc) is 2.70. The predicted molar refractivity (Wildman–Crippen MR) is 73.8 cm³/mol. The number of nitrogens with one attached hydrogen (secondary N) is 2. The van der Waals surface area contributed by atoms with Gasteiger partial charge in [0.15, 0.2) is 0 Å². The molecule has 0 saturated heterocycles. The quantitative estimate of drug-likeness (QED) is 0.800. The minimum Gasteiger partial charge on any atom is -0.481 e. The van der Waals surface area contributed by atoms with Crippen molar-refractivity contribution in [1.29, 1.82) is 0 Å². The first-order chi connectivity index (χ1) is 9.06. The number of carboxylic acid groups (broad SMARTS) is 1. The molecule has 5 nitrogen and oxygen atoms in total. The van der Waals surface area contributed by atoms with Crippen LogP contribution in [0.3, 0.4) is 0 Å². The number of carbonyl (C=O) groups excluding carboxylic acids is 1. The van der Waals surface area contributed by atoms with E-state index in [-0.39, 0.29) is 25.0 Å². The Balaban J connectivity index is 1.89. The Hall–Kier alpha value is -1.27. The zero-order chi connectivity index (χ0) is 13.8. The summed E-state index contributed by atoms with van der Waals surface area (Å²) in [6, 6.07) is 1.54. The molecule has 19 heavy (non-hydrogen) atoms. The molecule has 0 radical (unpaired) electrons. The van der Waals surface area contributed by atoms with Gasteiger partial charge in [-0.15, -0.1) is 11.3 Å². The maximum Gasteiger partial charge on any atom is 0.315 e. The van der Waals surface area contributed by atoms with Crippen molar-refractivity contribution in [2.75, 3.05) is 6.54 Å². The molecule has 0 fully saturated rings. The molecule has 1 aromatic rings. The second-order valence-corrected chi connectivity index (χ2v) is 6.19. The molecule has 1 unspecified atom stereocenters. The number of aryl methyl sites for hydroxylation is 1. The van der Waals surface area contributed by atoms with Gasteiger partial charge in [-0.25, -0.2) is 4.79 Å². The van der Waals surface area contributed by atoms with Crippen LogP contribution in [0.2, 0.25) is 4.34 Å². The van der Waals surface area contributed by atoms with E-state index in [1.807, 2.05) is 6.07 Å². The Morgan fingerprint density at radius 2 is 2.32 bits per heavy atom. The van der Waals surface area contributed by atoms with Crippen molar-refractivity contribution in [3.8, 4) is 0 Å². The Morgan fingerprint density at radius 1 is 1.53 bits per heavy atom. The summed E-state index contributed by atoms with van der Waals surface area (Å²) >= 11 is 7.55. The van der Waals surface area contributed by atoms with Gasteiger partial charge in [0.05, 0.1) is 16.8 Å². The molecule has 7 heteroatoms. The van der Waals surface area contributed by atoms with Crippen molar-refractivity contribution in [2.45, 2.75) is 31.7 Å². The molecular weight excluding hydrogens is 288 g/mol. The van der Waals surface area contributed by atoms with E-state index in [9.17, 15) is 9.59 Å². The van der Waals surface area contributed by atoms with Gasteiger partial charge >= 0.3 is 12.0 Å². The van der Waals surface area contributed by atoms with E-state index >= 15 is 0 Å². The molecule has 0 aliphatic heterocycles. The minimum atomic E-state index is -0.926. The Kier molecular flexibility index (Phi) is 4.66. The number of aliphatic carboxylic acids is 1. The third-order valence-electron chi connectivity index (χ3n) is 3.01. The third kappa shape index (κ3) is 3.84. The van der Waals surface area contributed by atoms with Crippen molar-refractivity contribution < 1.29 is 14.7 Å². The first-order valence-electron chi connectivity index (χ1n) is 6.10. The lowest BCUT2D eigenvalue weighted by Gasteiger charge is -2.23. The molecule has 0 spiro atoms. The van der Waals surface area contributed by atoms with Crippen LogP contribution in [0.1, 0.15) is 35.7 Å². The molecule has 1 aliphatic rings. The van der Waals surface area contributed by atoms with Crippen molar-refractivity contribution in [3.63, 3.8) is 0 Å². The molecule has 2 amide bonds. The Morgan fingerprint density at radius 3 is 3.05 bits per heavy atom. The summed E-state index contributed by atoms with van der Waals surface area (Å²) in [6.45, 7) is 0.130. The van der Waals surface area contributed by atoms with Gasteiger partial charge in [-0.2, -0.15) is 0 Å². The first-order valence-corrected chi connectivity index (χ1v) is 7.30. The molecule has 0 bridgehead atoms. The van der Waals surface area contributed by atoms with Crippen LogP contribution in [0, 0.1) is 0 Å². The standard InChI is InChI=1S/C12H15ClN2O3S/c13-10-6-7-8(2-1-3-9(7)19-10)15-12(18)14-5-4-11(16)17/h6,8H,1-5H2,(H,16,17)(H2,14,15,18). The molecule has 1 heterocycles. The second kappa shape index (κ2) is 6.25. The lowest BCUT2D eigenvalue weighted by Crippen LogP contribution is -2.39. The van der Waals surface area contributed by atoms with Crippen LogP contribution >= 0.6 is 22.9 Å². The summed E-state index contributed by atoms with van der Waals surface area (Å²) in [4.78, 5) is 23.2. The van der Waals surface area contributed by atoms with Crippen molar-refractivity contribution in [2.24, 2.45) is 0 Å². The van der Waals surface area contributed by atoms with E-state index in [0.29, 0.717) is 0 Å². The van der Waals surface area contributed by atoms with Crippen LogP contribution in [-0.4, -0.2) is 23.7 Å². The second-order valence-electron chi connectivity index (χ2n) is 4.42. The molecule has 1 atom stereocenters. The van der Waals surface area contributed by atoms with Gasteiger partial charge in [-0.3, -0.25) is 4.79 Å². The van der Waals surface area contributed by atoms with Crippen molar-refractivity contribution >= 4 is 34.9 Å². The molecule has 1 aromatic heterocycles. The number of rotatable bonds is 4. The molecule has 3 N–H and O–H groups in total. The highest BCUT2D eigenvalue weighted by Crippen LogP contribution is 2.37. The number of carboxylic acids is 1.